The van der Waals surface area contributed by atoms with E-state index in [0.29, 0.717) is 23.7 Å². The third-order valence-corrected chi connectivity index (χ3v) is 8.37. The van der Waals surface area contributed by atoms with Crippen LogP contribution < -0.4 is 5.32 Å². The Bertz CT molecular complexity index is 1000. The molecule has 0 radical (unpaired) electrons. The monoisotopic (exact) mass is 436 g/mol. The first-order valence-electron chi connectivity index (χ1n) is 9.28. The maximum Gasteiger partial charge on any atom is 0.251 e. The highest BCUT2D eigenvalue weighted by Gasteiger charge is 2.28. The van der Waals surface area contributed by atoms with E-state index in [4.69, 9.17) is 11.6 Å². The van der Waals surface area contributed by atoms with Gasteiger partial charge in [0.1, 0.15) is 0 Å². The van der Waals surface area contributed by atoms with E-state index in [1.165, 1.54) is 10.4 Å². The second-order valence-electron chi connectivity index (χ2n) is 6.98. The van der Waals surface area contributed by atoms with Crippen LogP contribution in [0.4, 0.5) is 0 Å². The van der Waals surface area contributed by atoms with Gasteiger partial charge in [0.25, 0.3) is 5.91 Å². The summed E-state index contributed by atoms with van der Waals surface area (Å²) in [7, 11) is -3.55. The molecule has 148 valence electrons. The molecule has 1 fully saturated rings. The zero-order valence-electron chi connectivity index (χ0n) is 15.2. The van der Waals surface area contributed by atoms with Gasteiger partial charge in [-0.1, -0.05) is 17.7 Å². The molecule has 0 saturated carbocycles. The first kappa shape index (κ1) is 19.8. The molecule has 0 spiro atoms. The standard InChI is InChI=1S/C20H21ClN2O3S2/c21-15-6-7-19-17(13-15)18(8-11-27-19)22-20(24)14-4-3-5-16(12-14)28(25,26)23-9-1-2-10-23/h3-7,12-13,18H,1-2,8-11H2,(H,22,24)/t18-/m0/s1. The van der Waals surface area contributed by atoms with Crippen LogP contribution >= 0.6 is 23.4 Å². The molecule has 28 heavy (non-hydrogen) atoms. The molecule has 8 heteroatoms. The molecule has 0 aliphatic carbocycles. The number of fused-ring (bicyclic) bond motifs is 1. The topological polar surface area (TPSA) is 66.5 Å². The van der Waals surface area contributed by atoms with E-state index >= 15 is 0 Å². The van der Waals surface area contributed by atoms with Gasteiger partial charge in [0.2, 0.25) is 10.0 Å². The molecule has 1 saturated heterocycles. The molecule has 1 amide bonds. The number of carbonyl (C=O) groups excluding carboxylic acids is 1. The molecule has 2 aromatic carbocycles. The van der Waals surface area contributed by atoms with Gasteiger partial charge >= 0.3 is 0 Å². The Hall–Kier alpha value is -1.54. The van der Waals surface area contributed by atoms with Crippen molar-refractivity contribution < 1.29 is 13.2 Å². The van der Waals surface area contributed by atoms with Crippen LogP contribution in [0.5, 0.6) is 0 Å². The highest BCUT2D eigenvalue weighted by molar-refractivity contribution is 7.99. The van der Waals surface area contributed by atoms with E-state index in [2.05, 4.69) is 5.32 Å². The molecule has 2 aromatic rings. The molecule has 0 bridgehead atoms. The summed E-state index contributed by atoms with van der Waals surface area (Å²) in [6.45, 7) is 1.08. The second-order valence-corrected chi connectivity index (χ2v) is 10.5. The Morgan fingerprint density at radius 2 is 1.93 bits per heavy atom. The maximum absolute atomic E-state index is 12.8. The zero-order chi connectivity index (χ0) is 19.7. The third kappa shape index (κ3) is 3.94. The highest BCUT2D eigenvalue weighted by atomic mass is 35.5. The van der Waals surface area contributed by atoms with Crippen molar-refractivity contribution in [3.63, 3.8) is 0 Å². The summed E-state index contributed by atoms with van der Waals surface area (Å²) in [6, 6.07) is 11.9. The van der Waals surface area contributed by atoms with Gasteiger partial charge in [-0.2, -0.15) is 4.31 Å². The molecule has 4 rings (SSSR count). The molecule has 1 atom stereocenters. The number of thioether (sulfide) groups is 1. The maximum atomic E-state index is 12.8. The van der Waals surface area contributed by atoms with Crippen LogP contribution in [-0.2, 0) is 10.0 Å². The summed E-state index contributed by atoms with van der Waals surface area (Å²) in [6.07, 6.45) is 2.55. The van der Waals surface area contributed by atoms with E-state index in [-0.39, 0.29) is 16.8 Å². The number of carbonyl (C=O) groups is 1. The molecule has 5 nitrogen and oxygen atoms in total. The van der Waals surface area contributed by atoms with Gasteiger partial charge in [-0.05, 0) is 61.2 Å². The Balaban J connectivity index is 1.56. The van der Waals surface area contributed by atoms with Crippen molar-refractivity contribution in [1.82, 2.24) is 9.62 Å². The van der Waals surface area contributed by atoms with Crippen molar-refractivity contribution in [3.05, 3.63) is 58.6 Å². The average molecular weight is 437 g/mol. The van der Waals surface area contributed by atoms with E-state index in [1.807, 2.05) is 18.2 Å². The minimum atomic E-state index is -3.55. The predicted molar refractivity (Wildman–Crippen MR) is 111 cm³/mol. The molecule has 0 unspecified atom stereocenters. The van der Waals surface area contributed by atoms with Crippen molar-refractivity contribution in [2.45, 2.75) is 35.1 Å². The summed E-state index contributed by atoms with van der Waals surface area (Å²) < 4.78 is 27.0. The normalized spacial score (nSPS) is 20.0. The summed E-state index contributed by atoms with van der Waals surface area (Å²) >= 11 is 7.88. The fraction of sp³-hybridized carbons (Fsp3) is 0.350. The molecule has 0 aromatic heterocycles. The molecule has 2 heterocycles. The first-order chi connectivity index (χ1) is 13.4. The second kappa shape index (κ2) is 8.06. The molecule has 2 aliphatic rings. The lowest BCUT2D eigenvalue weighted by Crippen LogP contribution is -2.31. The summed E-state index contributed by atoms with van der Waals surface area (Å²) in [5.74, 6) is 0.629. The number of hydrogen-bond donors (Lipinski definition) is 1. The number of nitrogens with zero attached hydrogens (tertiary/aromatic N) is 1. The zero-order valence-corrected chi connectivity index (χ0v) is 17.6. The van der Waals surface area contributed by atoms with Crippen LogP contribution in [0.15, 0.2) is 52.3 Å². The summed E-state index contributed by atoms with van der Waals surface area (Å²) in [5.41, 5.74) is 1.36. The van der Waals surface area contributed by atoms with Crippen LogP contribution in [0.1, 0.15) is 41.2 Å². The minimum absolute atomic E-state index is 0.138. The van der Waals surface area contributed by atoms with E-state index in [1.54, 1.807) is 30.0 Å². The van der Waals surface area contributed by atoms with Gasteiger partial charge in [-0.25, -0.2) is 8.42 Å². The fourth-order valence-electron chi connectivity index (χ4n) is 3.63. The highest BCUT2D eigenvalue weighted by Crippen LogP contribution is 2.37. The molecular weight excluding hydrogens is 416 g/mol. The number of halogens is 1. The lowest BCUT2D eigenvalue weighted by atomic mass is 10.0. The molecule has 2 aliphatic heterocycles. The largest absolute Gasteiger partial charge is 0.345 e. The van der Waals surface area contributed by atoms with Gasteiger partial charge in [-0.15, -0.1) is 11.8 Å². The Kier molecular flexibility index (Phi) is 5.69. The van der Waals surface area contributed by atoms with Crippen molar-refractivity contribution in [2.24, 2.45) is 0 Å². The van der Waals surface area contributed by atoms with Crippen LogP contribution in [0, 0.1) is 0 Å². The minimum Gasteiger partial charge on any atom is -0.345 e. The summed E-state index contributed by atoms with van der Waals surface area (Å²) in [5, 5.41) is 3.69. The van der Waals surface area contributed by atoms with Crippen molar-refractivity contribution in [3.8, 4) is 0 Å². The van der Waals surface area contributed by atoms with Crippen LogP contribution in [-0.4, -0.2) is 37.5 Å². The number of nitrogens with one attached hydrogen (secondary N) is 1. The number of sulfonamides is 1. The predicted octanol–water partition coefficient (Wildman–Crippen LogP) is 4.09. The fourth-order valence-corrected chi connectivity index (χ4v) is 6.48. The SMILES string of the molecule is O=C(N[C@H]1CCSc2ccc(Cl)cc21)c1cccc(S(=O)(=O)N2CCCC2)c1. The number of rotatable bonds is 4. The smallest absolute Gasteiger partial charge is 0.251 e. The van der Waals surface area contributed by atoms with Gasteiger partial charge in [0, 0.05) is 34.3 Å². The Morgan fingerprint density at radius 3 is 2.71 bits per heavy atom. The number of hydrogen-bond acceptors (Lipinski definition) is 4. The summed E-state index contributed by atoms with van der Waals surface area (Å²) in [4.78, 5) is 14.1. The van der Waals surface area contributed by atoms with Gasteiger partial charge in [0.05, 0.1) is 10.9 Å². The Labute approximate surface area is 174 Å². The lowest BCUT2D eigenvalue weighted by molar-refractivity contribution is 0.0934. The van der Waals surface area contributed by atoms with Crippen molar-refractivity contribution in [2.75, 3.05) is 18.8 Å². The van der Waals surface area contributed by atoms with Gasteiger partial charge < -0.3 is 5.32 Å². The number of benzene rings is 2. The van der Waals surface area contributed by atoms with Gasteiger partial charge in [-0.3, -0.25) is 4.79 Å². The van der Waals surface area contributed by atoms with Crippen LogP contribution in [0.2, 0.25) is 5.02 Å². The first-order valence-corrected chi connectivity index (χ1v) is 12.1. The molecular formula is C20H21ClN2O3S2. The quantitative estimate of drug-likeness (QED) is 0.783. The number of amides is 1. The van der Waals surface area contributed by atoms with Crippen molar-refractivity contribution >= 4 is 39.3 Å². The lowest BCUT2D eigenvalue weighted by Gasteiger charge is -2.26. The third-order valence-electron chi connectivity index (χ3n) is 5.12. The van der Waals surface area contributed by atoms with Crippen LogP contribution in [0.25, 0.3) is 0 Å². The van der Waals surface area contributed by atoms with Gasteiger partial charge in [0.15, 0.2) is 0 Å². The van der Waals surface area contributed by atoms with E-state index in [0.717, 1.165) is 35.5 Å². The van der Waals surface area contributed by atoms with Crippen molar-refractivity contribution in [1.29, 1.82) is 0 Å². The van der Waals surface area contributed by atoms with E-state index < -0.39 is 10.0 Å². The van der Waals surface area contributed by atoms with Crippen LogP contribution in [0.3, 0.4) is 0 Å². The van der Waals surface area contributed by atoms with E-state index in [9.17, 15) is 13.2 Å². The average Bonchev–Trinajstić information content (AvgIpc) is 3.24. The Morgan fingerprint density at radius 1 is 1.14 bits per heavy atom. The molecule has 1 N–H and O–H groups in total.